The van der Waals surface area contributed by atoms with Crippen molar-refractivity contribution in [1.29, 1.82) is 5.26 Å². The molecule has 18 heavy (non-hydrogen) atoms. The number of aromatic nitrogens is 1. The second kappa shape index (κ2) is 5.29. The number of hydrogen-bond acceptors (Lipinski definition) is 5. The highest BCUT2D eigenvalue weighted by Gasteiger charge is 2.13. The Balaban J connectivity index is 2.34. The normalized spacial score (nSPS) is 9.72. The third-order valence-electron chi connectivity index (χ3n) is 2.14. The third-order valence-corrected chi connectivity index (χ3v) is 3.19. The van der Waals surface area contributed by atoms with Crippen molar-refractivity contribution < 1.29 is 4.92 Å². The number of rotatable bonds is 3. The molecule has 0 atom stereocenters. The number of nitrogens with zero attached hydrogens (tertiary/aromatic N) is 3. The quantitative estimate of drug-likeness (QED) is 0.623. The maximum atomic E-state index is 10.9. The molecular weight excluding hydrogens is 250 g/mol. The first-order chi connectivity index (χ1) is 8.70. The van der Waals surface area contributed by atoms with Crippen LogP contribution >= 0.6 is 11.8 Å². The minimum atomic E-state index is -0.422. The Bertz CT molecular complexity index is 637. The fourth-order valence-electron chi connectivity index (χ4n) is 1.36. The predicted molar refractivity (Wildman–Crippen MR) is 66.2 cm³/mol. The summed E-state index contributed by atoms with van der Waals surface area (Å²) in [6.07, 6.45) is 1.51. The second-order valence-corrected chi connectivity index (χ2v) is 4.43. The summed E-state index contributed by atoms with van der Waals surface area (Å²) in [4.78, 5) is 15.6. The van der Waals surface area contributed by atoms with Crippen LogP contribution in [0.2, 0.25) is 0 Å². The Morgan fingerprint density at radius 3 is 2.83 bits per heavy atom. The van der Waals surface area contributed by atoms with Gasteiger partial charge in [-0.2, -0.15) is 5.26 Å². The lowest BCUT2D eigenvalue weighted by Crippen LogP contribution is -1.90. The Kier molecular flexibility index (Phi) is 3.55. The molecule has 2 rings (SSSR count). The topological polar surface area (TPSA) is 79.8 Å². The summed E-state index contributed by atoms with van der Waals surface area (Å²) in [5.74, 6) is 0. The first-order valence-corrected chi connectivity index (χ1v) is 5.80. The average Bonchev–Trinajstić information content (AvgIpc) is 2.39. The van der Waals surface area contributed by atoms with Gasteiger partial charge in [-0.3, -0.25) is 10.1 Å². The molecule has 0 radical (unpaired) electrons. The number of para-hydroxylation sites is 1. The van der Waals surface area contributed by atoms with Crippen molar-refractivity contribution in [1.82, 2.24) is 4.98 Å². The van der Waals surface area contributed by atoms with Crippen LogP contribution in [0.5, 0.6) is 0 Å². The standard InChI is InChI=1S/C12H7N3O2S/c13-8-9-7-10(5-6-14-9)18-12-4-2-1-3-11(12)15(16)17/h1-7H. The first-order valence-electron chi connectivity index (χ1n) is 4.98. The van der Waals surface area contributed by atoms with Gasteiger partial charge in [0.25, 0.3) is 5.69 Å². The van der Waals surface area contributed by atoms with Crippen molar-refractivity contribution in [3.8, 4) is 6.07 Å². The van der Waals surface area contributed by atoms with E-state index in [2.05, 4.69) is 4.98 Å². The number of nitro groups is 1. The molecule has 0 aliphatic rings. The summed E-state index contributed by atoms with van der Waals surface area (Å²) in [6, 6.07) is 11.7. The van der Waals surface area contributed by atoms with Crippen LogP contribution in [-0.2, 0) is 0 Å². The molecule has 0 aliphatic carbocycles. The van der Waals surface area contributed by atoms with Gasteiger partial charge in [0.05, 0.1) is 9.82 Å². The van der Waals surface area contributed by atoms with Gasteiger partial charge in [-0.25, -0.2) is 4.98 Å². The molecule has 88 valence electrons. The summed E-state index contributed by atoms with van der Waals surface area (Å²) < 4.78 is 0. The Hall–Kier alpha value is -2.39. The molecule has 1 heterocycles. The van der Waals surface area contributed by atoms with Gasteiger partial charge < -0.3 is 0 Å². The van der Waals surface area contributed by atoms with E-state index in [0.717, 1.165) is 4.90 Å². The van der Waals surface area contributed by atoms with Crippen molar-refractivity contribution in [3.05, 3.63) is 58.4 Å². The molecule has 0 fully saturated rings. The van der Waals surface area contributed by atoms with E-state index in [1.54, 1.807) is 30.3 Å². The van der Waals surface area contributed by atoms with Gasteiger partial charge in [-0.05, 0) is 18.2 Å². The number of hydrogen-bond donors (Lipinski definition) is 0. The lowest BCUT2D eigenvalue weighted by molar-refractivity contribution is -0.387. The molecule has 6 heteroatoms. The lowest BCUT2D eigenvalue weighted by atomic mass is 10.3. The van der Waals surface area contributed by atoms with Gasteiger partial charge in [0, 0.05) is 17.2 Å². The monoisotopic (exact) mass is 257 g/mol. The molecule has 0 amide bonds. The molecule has 0 aliphatic heterocycles. The van der Waals surface area contributed by atoms with E-state index < -0.39 is 4.92 Å². The molecule has 2 aromatic rings. The van der Waals surface area contributed by atoms with Crippen LogP contribution in [0.3, 0.4) is 0 Å². The van der Waals surface area contributed by atoms with E-state index >= 15 is 0 Å². The van der Waals surface area contributed by atoms with Crippen molar-refractivity contribution >= 4 is 17.4 Å². The van der Waals surface area contributed by atoms with E-state index in [9.17, 15) is 10.1 Å². The molecule has 1 aromatic carbocycles. The molecule has 0 bridgehead atoms. The largest absolute Gasteiger partial charge is 0.283 e. The van der Waals surface area contributed by atoms with E-state index in [1.807, 2.05) is 6.07 Å². The summed E-state index contributed by atoms with van der Waals surface area (Å²) in [5.41, 5.74) is 0.344. The van der Waals surface area contributed by atoms with Crippen molar-refractivity contribution in [2.75, 3.05) is 0 Å². The van der Waals surface area contributed by atoms with Crippen LogP contribution in [0.25, 0.3) is 0 Å². The van der Waals surface area contributed by atoms with E-state index in [0.29, 0.717) is 10.6 Å². The zero-order chi connectivity index (χ0) is 13.0. The number of nitro benzene ring substituents is 1. The fraction of sp³-hybridized carbons (Fsp3) is 0. The predicted octanol–water partition coefficient (Wildman–Crippen LogP) is 3.01. The van der Waals surface area contributed by atoms with Crippen LogP contribution in [0.4, 0.5) is 5.69 Å². The SMILES string of the molecule is N#Cc1cc(Sc2ccccc2[N+](=O)[O-])ccn1. The summed E-state index contributed by atoms with van der Waals surface area (Å²) in [6.45, 7) is 0. The van der Waals surface area contributed by atoms with Crippen LogP contribution in [0.15, 0.2) is 52.4 Å². The van der Waals surface area contributed by atoms with Crippen LogP contribution in [-0.4, -0.2) is 9.91 Å². The molecular formula is C12H7N3O2S. The van der Waals surface area contributed by atoms with Gasteiger partial charge in [0.15, 0.2) is 0 Å². The van der Waals surface area contributed by atoms with E-state index in [-0.39, 0.29) is 5.69 Å². The summed E-state index contributed by atoms with van der Waals surface area (Å²) >= 11 is 1.24. The Morgan fingerprint density at radius 2 is 2.11 bits per heavy atom. The van der Waals surface area contributed by atoms with Gasteiger partial charge >= 0.3 is 0 Å². The maximum absolute atomic E-state index is 10.9. The molecule has 0 saturated carbocycles. The zero-order valence-electron chi connectivity index (χ0n) is 9.11. The molecule has 1 aromatic heterocycles. The molecule has 0 unspecified atom stereocenters. The molecule has 0 spiro atoms. The van der Waals surface area contributed by atoms with E-state index in [4.69, 9.17) is 5.26 Å². The average molecular weight is 257 g/mol. The number of nitriles is 1. The van der Waals surface area contributed by atoms with E-state index in [1.165, 1.54) is 24.0 Å². The van der Waals surface area contributed by atoms with Crippen molar-refractivity contribution in [2.24, 2.45) is 0 Å². The minimum Gasteiger partial charge on any atom is -0.258 e. The first kappa shape index (κ1) is 12.1. The smallest absolute Gasteiger partial charge is 0.258 e. The second-order valence-electron chi connectivity index (χ2n) is 3.32. The molecule has 0 saturated heterocycles. The zero-order valence-corrected chi connectivity index (χ0v) is 9.92. The number of benzene rings is 1. The van der Waals surface area contributed by atoms with Gasteiger partial charge in [-0.1, -0.05) is 23.9 Å². The molecule has 0 N–H and O–H groups in total. The Morgan fingerprint density at radius 1 is 1.33 bits per heavy atom. The maximum Gasteiger partial charge on any atom is 0.283 e. The van der Waals surface area contributed by atoms with Crippen LogP contribution < -0.4 is 0 Å². The van der Waals surface area contributed by atoms with Gasteiger partial charge in [-0.15, -0.1) is 0 Å². The van der Waals surface area contributed by atoms with Crippen LogP contribution in [0, 0.1) is 21.4 Å². The fourth-order valence-corrected chi connectivity index (χ4v) is 2.30. The highest BCUT2D eigenvalue weighted by atomic mass is 32.2. The highest BCUT2D eigenvalue weighted by molar-refractivity contribution is 7.99. The van der Waals surface area contributed by atoms with Gasteiger partial charge in [0.2, 0.25) is 0 Å². The van der Waals surface area contributed by atoms with Crippen molar-refractivity contribution in [2.45, 2.75) is 9.79 Å². The minimum absolute atomic E-state index is 0.0535. The highest BCUT2D eigenvalue weighted by Crippen LogP contribution is 2.34. The number of pyridine rings is 1. The molecule has 5 nitrogen and oxygen atoms in total. The van der Waals surface area contributed by atoms with Gasteiger partial charge in [0.1, 0.15) is 11.8 Å². The summed E-state index contributed by atoms with van der Waals surface area (Å²) in [7, 11) is 0. The lowest BCUT2D eigenvalue weighted by Gasteiger charge is -2.02. The van der Waals surface area contributed by atoms with Crippen molar-refractivity contribution in [3.63, 3.8) is 0 Å². The Labute approximate surface area is 107 Å². The third kappa shape index (κ3) is 2.64. The van der Waals surface area contributed by atoms with Crippen LogP contribution in [0.1, 0.15) is 5.69 Å². The summed E-state index contributed by atoms with van der Waals surface area (Å²) in [5, 5.41) is 19.6.